The number of esters is 1. The highest BCUT2D eigenvalue weighted by Crippen LogP contribution is 2.17. The Hall–Kier alpha value is -2.37. The summed E-state index contributed by atoms with van der Waals surface area (Å²) in [7, 11) is 1.29. The van der Waals surface area contributed by atoms with Crippen LogP contribution in [0.1, 0.15) is 29.3 Å². The molecule has 0 amide bonds. The van der Waals surface area contributed by atoms with E-state index in [1.54, 1.807) is 12.3 Å². The second kappa shape index (κ2) is 5.31. The quantitative estimate of drug-likeness (QED) is 0.833. The van der Waals surface area contributed by atoms with Crippen LogP contribution in [0.5, 0.6) is 0 Å². The molecule has 0 saturated carbocycles. The lowest BCUT2D eigenvalue weighted by atomic mass is 10.2. The third-order valence-electron chi connectivity index (χ3n) is 2.36. The Labute approximate surface area is 104 Å². The summed E-state index contributed by atoms with van der Waals surface area (Å²) in [4.78, 5) is 19.2. The molecule has 0 saturated heterocycles. The first-order valence-electron chi connectivity index (χ1n) is 5.42. The smallest absolute Gasteiger partial charge is 0.376 e. The lowest BCUT2D eigenvalue weighted by molar-refractivity contribution is 0.0587. The molecule has 2 heterocycles. The molecule has 94 valence electrons. The molecule has 2 aromatic heterocycles. The Balaban J connectivity index is 2.12. The molecule has 1 N–H and O–H groups in total. The van der Waals surface area contributed by atoms with E-state index in [1.165, 1.54) is 13.3 Å². The van der Waals surface area contributed by atoms with Gasteiger partial charge in [-0.3, -0.25) is 0 Å². The fraction of sp³-hybridized carbons (Fsp3) is 0.250. The van der Waals surface area contributed by atoms with Crippen LogP contribution in [0.4, 0.5) is 5.82 Å². The molecule has 0 aliphatic rings. The third-order valence-corrected chi connectivity index (χ3v) is 2.36. The Morgan fingerprint density at radius 3 is 3.00 bits per heavy atom. The van der Waals surface area contributed by atoms with Crippen molar-refractivity contribution < 1.29 is 13.9 Å². The average molecular weight is 247 g/mol. The summed E-state index contributed by atoms with van der Waals surface area (Å²) in [6, 6.07) is 5.29. The Bertz CT molecular complexity index is 525. The first-order chi connectivity index (χ1) is 8.70. The zero-order valence-electron chi connectivity index (χ0n) is 10.1. The zero-order chi connectivity index (χ0) is 13.0. The van der Waals surface area contributed by atoms with Crippen LogP contribution in [0, 0.1) is 0 Å². The van der Waals surface area contributed by atoms with Gasteiger partial charge in [0.1, 0.15) is 11.6 Å². The van der Waals surface area contributed by atoms with E-state index in [-0.39, 0.29) is 11.9 Å². The summed E-state index contributed by atoms with van der Waals surface area (Å²) in [6.45, 7) is 1.93. The van der Waals surface area contributed by atoms with Gasteiger partial charge in [0, 0.05) is 6.20 Å². The number of aromatic nitrogens is 2. The third kappa shape index (κ3) is 2.65. The predicted octanol–water partition coefficient (Wildman–Crippen LogP) is 2.03. The molecule has 0 fully saturated rings. The number of furan rings is 1. The van der Waals surface area contributed by atoms with Crippen molar-refractivity contribution >= 4 is 11.8 Å². The zero-order valence-corrected chi connectivity index (χ0v) is 10.1. The Morgan fingerprint density at radius 2 is 2.33 bits per heavy atom. The van der Waals surface area contributed by atoms with Gasteiger partial charge in [-0.1, -0.05) is 0 Å². The molecular formula is C12H13N3O3. The largest absolute Gasteiger partial charge is 0.467 e. The average Bonchev–Trinajstić information content (AvgIpc) is 2.92. The minimum absolute atomic E-state index is 0.0224. The van der Waals surface area contributed by atoms with Gasteiger partial charge in [0.25, 0.3) is 0 Å². The van der Waals surface area contributed by atoms with Crippen LogP contribution >= 0.6 is 0 Å². The summed E-state index contributed by atoms with van der Waals surface area (Å²) in [5.74, 6) is 0.779. The molecule has 1 unspecified atom stereocenters. The van der Waals surface area contributed by atoms with Gasteiger partial charge in [0.2, 0.25) is 5.82 Å². The molecule has 6 heteroatoms. The van der Waals surface area contributed by atoms with Crippen LogP contribution in [0.3, 0.4) is 0 Å². The molecule has 0 radical (unpaired) electrons. The normalized spacial score (nSPS) is 11.9. The molecule has 6 nitrogen and oxygen atoms in total. The summed E-state index contributed by atoms with van der Waals surface area (Å²) in [6.07, 6.45) is 3.10. The Kier molecular flexibility index (Phi) is 3.57. The van der Waals surface area contributed by atoms with E-state index in [9.17, 15) is 4.79 Å². The van der Waals surface area contributed by atoms with Crippen LogP contribution < -0.4 is 5.32 Å². The minimum atomic E-state index is -0.565. The predicted molar refractivity (Wildman–Crippen MR) is 64.1 cm³/mol. The van der Waals surface area contributed by atoms with Crippen LogP contribution in [-0.4, -0.2) is 23.0 Å². The second-order valence-electron chi connectivity index (χ2n) is 3.64. The van der Waals surface area contributed by atoms with Gasteiger partial charge in [0.05, 0.1) is 19.4 Å². The van der Waals surface area contributed by atoms with Gasteiger partial charge < -0.3 is 14.5 Å². The van der Waals surface area contributed by atoms with Crippen molar-refractivity contribution in [3.05, 3.63) is 42.2 Å². The molecule has 0 spiro atoms. The maximum Gasteiger partial charge on any atom is 0.376 e. The monoisotopic (exact) mass is 247 g/mol. The molecule has 2 aromatic rings. The van der Waals surface area contributed by atoms with Crippen molar-refractivity contribution in [3.8, 4) is 0 Å². The van der Waals surface area contributed by atoms with Crippen molar-refractivity contribution in [3.63, 3.8) is 0 Å². The van der Waals surface area contributed by atoms with Gasteiger partial charge >= 0.3 is 5.97 Å². The van der Waals surface area contributed by atoms with Gasteiger partial charge in [-0.25, -0.2) is 14.8 Å². The maximum atomic E-state index is 11.3. The number of ether oxygens (including phenoxy) is 1. The van der Waals surface area contributed by atoms with Gasteiger partial charge in [-0.15, -0.1) is 0 Å². The molecule has 18 heavy (non-hydrogen) atoms. The molecular weight excluding hydrogens is 234 g/mol. The molecule has 0 bridgehead atoms. The van der Waals surface area contributed by atoms with E-state index in [1.807, 2.05) is 19.1 Å². The highest BCUT2D eigenvalue weighted by atomic mass is 16.5. The highest BCUT2D eigenvalue weighted by molar-refractivity contribution is 5.85. The molecule has 0 aromatic carbocycles. The van der Waals surface area contributed by atoms with E-state index < -0.39 is 5.97 Å². The fourth-order valence-electron chi connectivity index (χ4n) is 1.46. The fourth-order valence-corrected chi connectivity index (χ4v) is 1.46. The number of nitrogens with zero attached hydrogens (tertiary/aromatic N) is 2. The summed E-state index contributed by atoms with van der Waals surface area (Å²) in [5.41, 5.74) is 0. The number of carbonyl (C=O) groups excluding carboxylic acids is 1. The number of rotatable bonds is 4. The van der Waals surface area contributed by atoms with E-state index in [4.69, 9.17) is 4.42 Å². The van der Waals surface area contributed by atoms with Crippen LogP contribution in [0.2, 0.25) is 0 Å². The van der Waals surface area contributed by atoms with Crippen LogP contribution in [0.15, 0.2) is 35.1 Å². The molecule has 0 aliphatic heterocycles. The number of hydrogen-bond donors (Lipinski definition) is 1. The number of nitrogens with one attached hydrogen (secondary N) is 1. The molecule has 0 aliphatic carbocycles. The molecule has 2 rings (SSSR count). The lowest BCUT2D eigenvalue weighted by Crippen LogP contribution is -2.11. The van der Waals surface area contributed by atoms with Crippen molar-refractivity contribution in [1.29, 1.82) is 0 Å². The van der Waals surface area contributed by atoms with Crippen LogP contribution in [0.25, 0.3) is 0 Å². The van der Waals surface area contributed by atoms with E-state index in [2.05, 4.69) is 20.0 Å². The first-order valence-corrected chi connectivity index (χ1v) is 5.42. The van der Waals surface area contributed by atoms with Crippen LogP contribution in [-0.2, 0) is 4.74 Å². The highest BCUT2D eigenvalue weighted by Gasteiger charge is 2.12. The van der Waals surface area contributed by atoms with Crippen molar-refractivity contribution in [1.82, 2.24) is 9.97 Å². The maximum absolute atomic E-state index is 11.3. The second-order valence-corrected chi connectivity index (χ2v) is 3.64. The standard InChI is InChI=1S/C12H13N3O3/c1-8(9-4-3-7-18-9)14-10-5-6-13-11(15-10)12(16)17-2/h3-8H,1-2H3,(H,13,14,15). The van der Waals surface area contributed by atoms with Gasteiger partial charge in [-0.05, 0) is 25.1 Å². The first kappa shape index (κ1) is 12.1. The SMILES string of the molecule is COC(=O)c1nccc(NC(C)c2ccco2)n1. The summed E-state index contributed by atoms with van der Waals surface area (Å²) < 4.78 is 9.83. The summed E-state index contributed by atoms with van der Waals surface area (Å²) in [5, 5.41) is 3.11. The van der Waals surface area contributed by atoms with Crippen molar-refractivity contribution in [2.75, 3.05) is 12.4 Å². The van der Waals surface area contributed by atoms with E-state index >= 15 is 0 Å². The van der Waals surface area contributed by atoms with E-state index in [0.717, 1.165) is 5.76 Å². The number of methoxy groups -OCH3 is 1. The Morgan fingerprint density at radius 1 is 1.50 bits per heavy atom. The van der Waals surface area contributed by atoms with Gasteiger partial charge in [0.15, 0.2) is 0 Å². The topological polar surface area (TPSA) is 77.2 Å². The number of anilines is 1. The van der Waals surface area contributed by atoms with Gasteiger partial charge in [-0.2, -0.15) is 0 Å². The number of hydrogen-bond acceptors (Lipinski definition) is 6. The summed E-state index contributed by atoms with van der Waals surface area (Å²) >= 11 is 0. The number of carbonyl (C=O) groups is 1. The van der Waals surface area contributed by atoms with Crippen molar-refractivity contribution in [2.45, 2.75) is 13.0 Å². The molecule has 1 atom stereocenters. The lowest BCUT2D eigenvalue weighted by Gasteiger charge is -2.11. The minimum Gasteiger partial charge on any atom is -0.467 e. The van der Waals surface area contributed by atoms with E-state index in [0.29, 0.717) is 5.82 Å². The van der Waals surface area contributed by atoms with Crippen molar-refractivity contribution in [2.24, 2.45) is 0 Å².